The van der Waals surface area contributed by atoms with Gasteiger partial charge in [0.25, 0.3) is 0 Å². The van der Waals surface area contributed by atoms with E-state index in [1.54, 1.807) is 11.0 Å². The van der Waals surface area contributed by atoms with Crippen molar-refractivity contribution in [3.63, 3.8) is 0 Å². The van der Waals surface area contributed by atoms with Gasteiger partial charge in [-0.15, -0.1) is 0 Å². The van der Waals surface area contributed by atoms with Crippen LogP contribution in [0.4, 0.5) is 9.18 Å². The van der Waals surface area contributed by atoms with Crippen LogP contribution >= 0.6 is 0 Å². The van der Waals surface area contributed by atoms with E-state index in [2.05, 4.69) is 5.32 Å². The van der Waals surface area contributed by atoms with Crippen LogP contribution in [-0.4, -0.2) is 35.7 Å². The second-order valence-electron chi connectivity index (χ2n) is 7.15. The third-order valence-electron chi connectivity index (χ3n) is 4.01. The summed E-state index contributed by atoms with van der Waals surface area (Å²) in [5, 5.41) is 3.40. The molecule has 1 unspecified atom stereocenters. The normalized spacial score (nSPS) is 19.7. The van der Waals surface area contributed by atoms with Gasteiger partial charge < -0.3 is 15.0 Å². The number of rotatable bonds is 4. The van der Waals surface area contributed by atoms with Crippen molar-refractivity contribution in [1.82, 2.24) is 10.2 Å². The maximum atomic E-state index is 13.3. The highest BCUT2D eigenvalue weighted by Crippen LogP contribution is 2.21. The average molecular weight is 322 g/mol. The van der Waals surface area contributed by atoms with Crippen molar-refractivity contribution < 1.29 is 13.9 Å². The molecule has 1 aromatic rings. The van der Waals surface area contributed by atoms with Crippen LogP contribution < -0.4 is 5.32 Å². The zero-order valence-corrected chi connectivity index (χ0v) is 14.4. The van der Waals surface area contributed by atoms with Crippen molar-refractivity contribution in [2.24, 2.45) is 0 Å². The molecule has 0 radical (unpaired) electrons. The minimum absolute atomic E-state index is 0.0341. The highest BCUT2D eigenvalue weighted by atomic mass is 19.1. The SMILES string of the molecule is C[C@H](NCC1CCCN1C(=O)OC(C)(C)C)c1cccc(F)c1. The molecule has 0 aromatic heterocycles. The van der Waals surface area contributed by atoms with Gasteiger partial charge in [-0.1, -0.05) is 12.1 Å². The van der Waals surface area contributed by atoms with Gasteiger partial charge in [-0.2, -0.15) is 0 Å². The lowest BCUT2D eigenvalue weighted by Gasteiger charge is -2.29. The van der Waals surface area contributed by atoms with Gasteiger partial charge in [-0.25, -0.2) is 9.18 Å². The Morgan fingerprint density at radius 3 is 2.87 bits per heavy atom. The van der Waals surface area contributed by atoms with Gasteiger partial charge in [-0.3, -0.25) is 0 Å². The molecule has 1 amide bonds. The van der Waals surface area contributed by atoms with E-state index in [0.29, 0.717) is 6.54 Å². The summed E-state index contributed by atoms with van der Waals surface area (Å²) in [7, 11) is 0. The van der Waals surface area contributed by atoms with E-state index in [-0.39, 0.29) is 24.0 Å². The number of hydrogen-bond donors (Lipinski definition) is 1. The van der Waals surface area contributed by atoms with Crippen LogP contribution in [0.2, 0.25) is 0 Å². The van der Waals surface area contributed by atoms with E-state index in [1.807, 2.05) is 33.8 Å². The zero-order valence-electron chi connectivity index (χ0n) is 14.4. The molecular weight excluding hydrogens is 295 g/mol. The number of halogens is 1. The van der Waals surface area contributed by atoms with Gasteiger partial charge in [0.15, 0.2) is 0 Å². The van der Waals surface area contributed by atoms with Gasteiger partial charge in [-0.05, 0) is 58.2 Å². The Hall–Kier alpha value is -1.62. The van der Waals surface area contributed by atoms with E-state index in [9.17, 15) is 9.18 Å². The molecule has 2 rings (SSSR count). The van der Waals surface area contributed by atoms with Gasteiger partial charge in [0.1, 0.15) is 11.4 Å². The Kier molecular flexibility index (Phi) is 5.63. The largest absolute Gasteiger partial charge is 0.444 e. The lowest BCUT2D eigenvalue weighted by atomic mass is 10.1. The molecule has 1 aliphatic heterocycles. The summed E-state index contributed by atoms with van der Waals surface area (Å²) in [5.74, 6) is -0.229. The molecule has 1 heterocycles. The van der Waals surface area contributed by atoms with Gasteiger partial charge >= 0.3 is 6.09 Å². The van der Waals surface area contributed by atoms with Crippen LogP contribution in [0, 0.1) is 5.82 Å². The summed E-state index contributed by atoms with van der Waals surface area (Å²) < 4.78 is 18.8. The Bertz CT molecular complexity index is 542. The van der Waals surface area contributed by atoms with Crippen LogP contribution in [0.3, 0.4) is 0 Å². The van der Waals surface area contributed by atoms with Gasteiger partial charge in [0, 0.05) is 25.2 Å². The monoisotopic (exact) mass is 322 g/mol. The van der Waals surface area contributed by atoms with Crippen LogP contribution in [-0.2, 0) is 4.74 Å². The molecule has 128 valence electrons. The molecule has 1 saturated heterocycles. The van der Waals surface area contributed by atoms with E-state index < -0.39 is 5.60 Å². The first-order chi connectivity index (χ1) is 10.8. The number of hydrogen-bond acceptors (Lipinski definition) is 3. The number of carbonyl (C=O) groups excluding carboxylic acids is 1. The number of nitrogens with one attached hydrogen (secondary N) is 1. The van der Waals surface area contributed by atoms with Crippen molar-refractivity contribution in [3.05, 3.63) is 35.6 Å². The Morgan fingerprint density at radius 1 is 1.48 bits per heavy atom. The third-order valence-corrected chi connectivity index (χ3v) is 4.01. The van der Waals surface area contributed by atoms with Crippen LogP contribution in [0.25, 0.3) is 0 Å². The van der Waals surface area contributed by atoms with Gasteiger partial charge in [0.2, 0.25) is 0 Å². The number of amides is 1. The minimum atomic E-state index is -0.480. The van der Waals surface area contributed by atoms with E-state index in [0.717, 1.165) is 24.9 Å². The summed E-state index contributed by atoms with van der Waals surface area (Å²) >= 11 is 0. The van der Waals surface area contributed by atoms with Crippen molar-refractivity contribution in [2.75, 3.05) is 13.1 Å². The molecule has 23 heavy (non-hydrogen) atoms. The Balaban J connectivity index is 1.90. The number of benzene rings is 1. The molecule has 0 spiro atoms. The zero-order chi connectivity index (χ0) is 17.0. The van der Waals surface area contributed by atoms with Gasteiger partial charge in [0.05, 0.1) is 0 Å². The quantitative estimate of drug-likeness (QED) is 0.915. The lowest BCUT2D eigenvalue weighted by Crippen LogP contribution is -2.44. The van der Waals surface area contributed by atoms with E-state index in [4.69, 9.17) is 4.74 Å². The third kappa shape index (κ3) is 5.20. The first-order valence-corrected chi connectivity index (χ1v) is 8.25. The fourth-order valence-corrected chi connectivity index (χ4v) is 2.82. The van der Waals surface area contributed by atoms with E-state index in [1.165, 1.54) is 12.1 Å². The number of ether oxygens (including phenoxy) is 1. The molecule has 1 fully saturated rings. The summed E-state index contributed by atoms with van der Waals surface area (Å²) in [6.07, 6.45) is 1.70. The average Bonchev–Trinajstić information content (AvgIpc) is 2.91. The smallest absolute Gasteiger partial charge is 0.410 e. The molecule has 1 aromatic carbocycles. The molecule has 1 N–H and O–H groups in total. The van der Waals surface area contributed by atoms with Crippen LogP contribution in [0.5, 0.6) is 0 Å². The fraction of sp³-hybridized carbons (Fsp3) is 0.611. The minimum Gasteiger partial charge on any atom is -0.444 e. The van der Waals surface area contributed by atoms with Crippen molar-refractivity contribution in [3.8, 4) is 0 Å². The molecule has 0 bridgehead atoms. The van der Waals surface area contributed by atoms with Crippen LogP contribution in [0.15, 0.2) is 24.3 Å². The maximum Gasteiger partial charge on any atom is 0.410 e. The highest BCUT2D eigenvalue weighted by Gasteiger charge is 2.32. The predicted octanol–water partition coefficient (Wildman–Crippen LogP) is 3.88. The second kappa shape index (κ2) is 7.30. The standard InChI is InChI=1S/C18H27FN2O2/c1-13(14-7-5-8-15(19)11-14)20-12-16-9-6-10-21(16)17(22)23-18(2,3)4/h5,7-8,11,13,16,20H,6,9-10,12H2,1-4H3/t13-,16?/m0/s1. The maximum absolute atomic E-state index is 13.3. The Labute approximate surface area is 138 Å². The highest BCUT2D eigenvalue weighted by molar-refractivity contribution is 5.69. The first-order valence-electron chi connectivity index (χ1n) is 8.25. The second-order valence-corrected chi connectivity index (χ2v) is 7.15. The molecule has 0 saturated carbocycles. The predicted molar refractivity (Wildman–Crippen MR) is 88.8 cm³/mol. The summed E-state index contributed by atoms with van der Waals surface area (Å²) in [5.41, 5.74) is 0.429. The van der Waals surface area contributed by atoms with Crippen molar-refractivity contribution in [1.29, 1.82) is 0 Å². The van der Waals surface area contributed by atoms with Crippen LogP contribution in [0.1, 0.15) is 52.1 Å². The molecule has 2 atom stereocenters. The number of carbonyl (C=O) groups is 1. The summed E-state index contributed by atoms with van der Waals surface area (Å²) in [4.78, 5) is 14.1. The lowest BCUT2D eigenvalue weighted by molar-refractivity contribution is 0.0225. The fourth-order valence-electron chi connectivity index (χ4n) is 2.82. The number of nitrogens with zero attached hydrogens (tertiary/aromatic N) is 1. The molecule has 1 aliphatic rings. The summed E-state index contributed by atoms with van der Waals surface area (Å²) in [6.45, 7) is 9.04. The topological polar surface area (TPSA) is 41.6 Å². The molecular formula is C18H27FN2O2. The summed E-state index contributed by atoms with van der Waals surface area (Å²) in [6, 6.07) is 6.76. The molecule has 4 nitrogen and oxygen atoms in total. The molecule has 0 aliphatic carbocycles. The van der Waals surface area contributed by atoms with Crippen molar-refractivity contribution >= 4 is 6.09 Å². The first kappa shape index (κ1) is 17.7. The number of likely N-dealkylation sites (tertiary alicyclic amines) is 1. The van der Waals surface area contributed by atoms with E-state index >= 15 is 0 Å². The van der Waals surface area contributed by atoms with Crippen molar-refractivity contribution in [2.45, 2.75) is 58.2 Å². The molecule has 5 heteroatoms. The Morgan fingerprint density at radius 2 is 2.22 bits per heavy atom.